The zero-order chi connectivity index (χ0) is 8.27. The maximum atomic E-state index is 10.4. The standard InChI is InChI=1S/C6H5NO4/c8-2-5(9)7-4-1-6(10)11-3-4/h1-2H,3H2,(H,7,9). The molecule has 0 atom stereocenters. The predicted octanol–water partition coefficient (Wildman–Crippen LogP) is -1.26. The largest absolute Gasteiger partial charge is 0.456 e. The first-order chi connectivity index (χ1) is 5.22. The molecule has 0 saturated heterocycles. The smallest absolute Gasteiger partial charge is 0.333 e. The van der Waals surface area contributed by atoms with E-state index < -0.39 is 11.9 Å². The fourth-order valence-corrected chi connectivity index (χ4v) is 0.634. The van der Waals surface area contributed by atoms with Gasteiger partial charge < -0.3 is 10.1 Å². The molecule has 5 heteroatoms. The Bertz CT molecular complexity index is 243. The molecule has 1 aliphatic heterocycles. The van der Waals surface area contributed by atoms with Crippen molar-refractivity contribution in [3.05, 3.63) is 11.8 Å². The van der Waals surface area contributed by atoms with Gasteiger partial charge in [-0.25, -0.2) is 4.79 Å². The zero-order valence-corrected chi connectivity index (χ0v) is 5.49. The van der Waals surface area contributed by atoms with E-state index in [0.717, 1.165) is 6.08 Å². The fourth-order valence-electron chi connectivity index (χ4n) is 0.634. The van der Waals surface area contributed by atoms with Gasteiger partial charge in [0.05, 0.1) is 5.70 Å². The third-order valence-corrected chi connectivity index (χ3v) is 1.05. The first-order valence-electron chi connectivity index (χ1n) is 2.86. The van der Waals surface area contributed by atoms with Gasteiger partial charge in [0, 0.05) is 6.08 Å². The van der Waals surface area contributed by atoms with Gasteiger partial charge >= 0.3 is 5.97 Å². The van der Waals surface area contributed by atoms with Crippen LogP contribution < -0.4 is 5.32 Å². The topological polar surface area (TPSA) is 72.5 Å². The van der Waals surface area contributed by atoms with Crippen LogP contribution in [0.15, 0.2) is 11.8 Å². The van der Waals surface area contributed by atoms with Crippen molar-refractivity contribution in [2.24, 2.45) is 0 Å². The molecule has 0 bridgehead atoms. The van der Waals surface area contributed by atoms with Gasteiger partial charge in [-0.2, -0.15) is 0 Å². The van der Waals surface area contributed by atoms with E-state index >= 15 is 0 Å². The Morgan fingerprint density at radius 1 is 1.73 bits per heavy atom. The van der Waals surface area contributed by atoms with Gasteiger partial charge in [-0.1, -0.05) is 0 Å². The summed E-state index contributed by atoms with van der Waals surface area (Å²) in [7, 11) is 0. The summed E-state index contributed by atoms with van der Waals surface area (Å²) in [5.74, 6) is -1.29. The molecule has 1 aliphatic rings. The Balaban J connectivity index is 2.50. The number of carbonyl (C=O) groups excluding carboxylic acids is 3. The molecule has 1 rings (SSSR count). The van der Waals surface area contributed by atoms with Crippen LogP contribution in [-0.4, -0.2) is 24.8 Å². The number of hydrogen-bond donors (Lipinski definition) is 1. The van der Waals surface area contributed by atoms with Crippen LogP contribution in [-0.2, 0) is 19.1 Å². The van der Waals surface area contributed by atoms with Crippen molar-refractivity contribution in [2.45, 2.75) is 0 Å². The maximum absolute atomic E-state index is 10.4. The first-order valence-corrected chi connectivity index (χ1v) is 2.86. The molecule has 0 spiro atoms. The number of rotatable bonds is 2. The second-order valence-electron chi connectivity index (χ2n) is 1.88. The van der Waals surface area contributed by atoms with Crippen LogP contribution in [0.4, 0.5) is 0 Å². The normalized spacial score (nSPS) is 15.3. The third-order valence-electron chi connectivity index (χ3n) is 1.05. The van der Waals surface area contributed by atoms with Gasteiger partial charge in [0.2, 0.25) is 6.29 Å². The molecule has 0 unspecified atom stereocenters. The minimum absolute atomic E-state index is 0.0262. The van der Waals surface area contributed by atoms with E-state index in [1.807, 2.05) is 0 Å². The minimum Gasteiger partial charge on any atom is -0.456 e. The Kier molecular flexibility index (Phi) is 2.00. The highest BCUT2D eigenvalue weighted by Gasteiger charge is 2.13. The highest BCUT2D eigenvalue weighted by Crippen LogP contribution is 2.00. The summed E-state index contributed by atoms with van der Waals surface area (Å²) in [4.78, 5) is 30.6. The first kappa shape index (κ1) is 7.46. The Morgan fingerprint density at radius 3 is 2.91 bits per heavy atom. The Morgan fingerprint density at radius 2 is 2.45 bits per heavy atom. The van der Waals surface area contributed by atoms with E-state index in [0.29, 0.717) is 5.70 Å². The van der Waals surface area contributed by atoms with Crippen molar-refractivity contribution in [3.8, 4) is 0 Å². The average Bonchev–Trinajstić information content (AvgIpc) is 2.35. The molecule has 1 N–H and O–H groups in total. The molecule has 0 aromatic carbocycles. The molecular weight excluding hydrogens is 150 g/mol. The third kappa shape index (κ3) is 1.89. The van der Waals surface area contributed by atoms with Crippen LogP contribution in [0.25, 0.3) is 0 Å². The summed E-state index contributed by atoms with van der Waals surface area (Å²) in [6.45, 7) is 0.0262. The van der Waals surface area contributed by atoms with Gasteiger partial charge in [0.25, 0.3) is 5.91 Å². The van der Waals surface area contributed by atoms with E-state index in [2.05, 4.69) is 10.1 Å². The van der Waals surface area contributed by atoms with Gasteiger partial charge in [-0.15, -0.1) is 0 Å². The lowest BCUT2D eigenvalue weighted by atomic mass is 10.4. The van der Waals surface area contributed by atoms with Crippen molar-refractivity contribution in [1.82, 2.24) is 5.32 Å². The van der Waals surface area contributed by atoms with Crippen molar-refractivity contribution in [1.29, 1.82) is 0 Å². The number of amides is 1. The molecule has 1 heterocycles. The molecule has 0 radical (unpaired) electrons. The summed E-state index contributed by atoms with van der Waals surface area (Å²) in [5, 5.41) is 2.17. The fraction of sp³-hybridized carbons (Fsp3) is 0.167. The van der Waals surface area contributed by atoms with Crippen LogP contribution in [0.1, 0.15) is 0 Å². The lowest BCUT2D eigenvalue weighted by Gasteiger charge is -1.96. The number of cyclic esters (lactones) is 1. The summed E-state index contributed by atoms with van der Waals surface area (Å²) in [6, 6.07) is 0. The minimum atomic E-state index is -0.783. The maximum Gasteiger partial charge on any atom is 0.333 e. The van der Waals surface area contributed by atoms with E-state index in [4.69, 9.17) is 0 Å². The lowest BCUT2D eigenvalue weighted by Crippen LogP contribution is -2.24. The lowest BCUT2D eigenvalue weighted by molar-refractivity contribution is -0.135. The number of nitrogens with one attached hydrogen (secondary N) is 1. The van der Waals surface area contributed by atoms with Crippen molar-refractivity contribution < 1.29 is 19.1 Å². The zero-order valence-electron chi connectivity index (χ0n) is 5.49. The number of esters is 1. The van der Waals surface area contributed by atoms with Crippen molar-refractivity contribution >= 4 is 18.2 Å². The summed E-state index contributed by atoms with van der Waals surface area (Å²) >= 11 is 0. The van der Waals surface area contributed by atoms with Gasteiger partial charge in [-0.3, -0.25) is 9.59 Å². The number of carbonyl (C=O) groups is 3. The Labute approximate surface area is 62.0 Å². The quantitative estimate of drug-likeness (QED) is 0.307. The molecule has 58 valence electrons. The van der Waals surface area contributed by atoms with Crippen LogP contribution >= 0.6 is 0 Å². The highest BCUT2D eigenvalue weighted by molar-refractivity contribution is 6.24. The van der Waals surface area contributed by atoms with Gasteiger partial charge in [0.15, 0.2) is 0 Å². The van der Waals surface area contributed by atoms with Crippen molar-refractivity contribution in [3.63, 3.8) is 0 Å². The molecule has 0 saturated carbocycles. The number of aldehydes is 1. The van der Waals surface area contributed by atoms with E-state index in [9.17, 15) is 14.4 Å². The molecule has 5 nitrogen and oxygen atoms in total. The van der Waals surface area contributed by atoms with E-state index in [1.165, 1.54) is 0 Å². The van der Waals surface area contributed by atoms with Gasteiger partial charge in [-0.05, 0) is 0 Å². The summed E-state index contributed by atoms with van der Waals surface area (Å²) < 4.78 is 4.45. The molecule has 11 heavy (non-hydrogen) atoms. The molecule has 0 aromatic rings. The van der Waals surface area contributed by atoms with Crippen LogP contribution in [0.3, 0.4) is 0 Å². The van der Waals surface area contributed by atoms with Gasteiger partial charge in [0.1, 0.15) is 6.61 Å². The van der Waals surface area contributed by atoms with Crippen LogP contribution in [0.5, 0.6) is 0 Å². The molecule has 0 aliphatic carbocycles. The molecular formula is C6H5NO4. The second kappa shape index (κ2) is 2.96. The second-order valence-corrected chi connectivity index (χ2v) is 1.88. The summed E-state index contributed by atoms with van der Waals surface area (Å²) in [6.07, 6.45) is 1.25. The average molecular weight is 155 g/mol. The SMILES string of the molecule is O=CC(=O)NC1=CC(=O)OC1. The van der Waals surface area contributed by atoms with E-state index in [-0.39, 0.29) is 12.9 Å². The highest BCUT2D eigenvalue weighted by atomic mass is 16.5. The number of ether oxygens (including phenoxy) is 1. The predicted molar refractivity (Wildman–Crippen MR) is 33.2 cm³/mol. The Hall–Kier alpha value is -1.65. The monoisotopic (exact) mass is 155 g/mol. The molecule has 1 amide bonds. The van der Waals surface area contributed by atoms with Crippen LogP contribution in [0.2, 0.25) is 0 Å². The molecule has 0 fully saturated rings. The van der Waals surface area contributed by atoms with Crippen molar-refractivity contribution in [2.75, 3.05) is 6.61 Å². The number of hydrogen-bond acceptors (Lipinski definition) is 4. The van der Waals surface area contributed by atoms with Crippen LogP contribution in [0, 0.1) is 0 Å². The molecule has 0 aromatic heterocycles. The van der Waals surface area contributed by atoms with E-state index in [1.54, 1.807) is 0 Å². The summed E-state index contributed by atoms with van der Waals surface area (Å²) in [5.41, 5.74) is 0.312.